The molecule has 2 aromatic heterocycles. The van der Waals surface area contributed by atoms with E-state index in [1.165, 1.54) is 0 Å². The van der Waals surface area contributed by atoms with Gasteiger partial charge in [-0.15, -0.1) is 11.3 Å². The van der Waals surface area contributed by atoms with Gasteiger partial charge in [-0.3, -0.25) is 4.79 Å². The molecule has 1 N–H and O–H groups in total. The Bertz CT molecular complexity index is 631. The van der Waals surface area contributed by atoms with Crippen LogP contribution in [0, 0.1) is 0 Å². The second-order valence-electron chi connectivity index (χ2n) is 4.02. The molecule has 0 spiro atoms. The quantitative estimate of drug-likeness (QED) is 0.865. The third-order valence-corrected chi connectivity index (χ3v) is 5.12. The molecule has 0 saturated heterocycles. The molecule has 1 fully saturated rings. The first-order valence-electron chi connectivity index (χ1n) is 5.19. The van der Waals surface area contributed by atoms with Crippen molar-refractivity contribution in [3.8, 4) is 10.7 Å². The molecule has 3 rings (SSSR count). The molecule has 17 heavy (non-hydrogen) atoms. The van der Waals surface area contributed by atoms with E-state index in [1.54, 1.807) is 11.3 Å². The smallest absolute Gasteiger partial charge is 0.265 e. The number of hydrogen-bond donors (Lipinski definition) is 1. The highest BCUT2D eigenvalue weighted by molar-refractivity contribution is 9.10. The Kier molecular flexibility index (Phi) is 2.96. The van der Waals surface area contributed by atoms with Crippen LogP contribution in [-0.2, 0) is 0 Å². The van der Waals surface area contributed by atoms with E-state index in [-0.39, 0.29) is 5.56 Å². The second kappa shape index (κ2) is 4.33. The monoisotopic (exact) mass is 374 g/mol. The number of rotatable bonds is 2. The maximum atomic E-state index is 11.8. The van der Waals surface area contributed by atoms with Crippen LogP contribution in [0.15, 0.2) is 25.2 Å². The van der Waals surface area contributed by atoms with Gasteiger partial charge in [-0.05, 0) is 50.8 Å². The van der Waals surface area contributed by atoms with Gasteiger partial charge in [0.05, 0.1) is 10.6 Å². The maximum Gasteiger partial charge on any atom is 0.265 e. The third-order valence-electron chi connectivity index (χ3n) is 2.65. The maximum absolute atomic E-state index is 11.8. The Morgan fingerprint density at radius 3 is 2.76 bits per heavy atom. The lowest BCUT2D eigenvalue weighted by Crippen LogP contribution is -2.12. The Balaban J connectivity index is 2.14. The first kappa shape index (κ1) is 11.6. The summed E-state index contributed by atoms with van der Waals surface area (Å²) in [5.74, 6) is 1.12. The lowest BCUT2D eigenvalue weighted by Gasteiger charge is -2.03. The van der Waals surface area contributed by atoms with Crippen LogP contribution >= 0.6 is 43.2 Å². The summed E-state index contributed by atoms with van der Waals surface area (Å²) < 4.78 is 1.59. The summed E-state index contributed by atoms with van der Waals surface area (Å²) in [6.07, 6.45) is 2.26. The highest BCUT2D eigenvalue weighted by Gasteiger charge is 2.29. The summed E-state index contributed by atoms with van der Waals surface area (Å²) in [7, 11) is 0. The number of thiophene rings is 1. The minimum Gasteiger partial charge on any atom is -0.305 e. The molecule has 2 heterocycles. The van der Waals surface area contributed by atoms with Crippen molar-refractivity contribution in [2.24, 2.45) is 0 Å². The normalized spacial score (nSPS) is 15.2. The minimum absolute atomic E-state index is 0.0959. The van der Waals surface area contributed by atoms with Gasteiger partial charge in [0, 0.05) is 15.8 Å². The van der Waals surface area contributed by atoms with Gasteiger partial charge >= 0.3 is 0 Å². The van der Waals surface area contributed by atoms with Gasteiger partial charge in [0.1, 0.15) is 4.47 Å². The Morgan fingerprint density at radius 1 is 1.41 bits per heavy atom. The van der Waals surface area contributed by atoms with Gasteiger partial charge in [0.25, 0.3) is 5.56 Å². The van der Waals surface area contributed by atoms with E-state index in [0.717, 1.165) is 27.9 Å². The van der Waals surface area contributed by atoms with Crippen molar-refractivity contribution >= 4 is 43.2 Å². The molecule has 0 bridgehead atoms. The van der Waals surface area contributed by atoms with Crippen LogP contribution in [0.2, 0.25) is 0 Å². The number of nitrogens with one attached hydrogen (secondary N) is 1. The molecule has 0 amide bonds. The van der Waals surface area contributed by atoms with E-state index in [4.69, 9.17) is 0 Å². The van der Waals surface area contributed by atoms with Crippen LogP contribution in [0.4, 0.5) is 0 Å². The highest BCUT2D eigenvalue weighted by Crippen LogP contribution is 2.41. The number of halogens is 2. The third kappa shape index (κ3) is 2.26. The molecule has 0 atom stereocenters. The molecule has 88 valence electrons. The number of aromatic amines is 1. The fraction of sp³-hybridized carbons (Fsp3) is 0.273. The van der Waals surface area contributed by atoms with Crippen LogP contribution < -0.4 is 5.56 Å². The number of aromatic nitrogens is 2. The standard InChI is InChI=1S/C11H8Br2N2OS/c12-6-3-7(17-4-6)10-14-9(5-1-2-5)8(13)11(16)15-10/h3-5H,1-2H2,(H,14,15,16). The van der Waals surface area contributed by atoms with E-state index < -0.39 is 0 Å². The zero-order valence-electron chi connectivity index (χ0n) is 8.67. The molecule has 1 aliphatic rings. The van der Waals surface area contributed by atoms with E-state index in [9.17, 15) is 4.79 Å². The lowest BCUT2D eigenvalue weighted by atomic mass is 10.3. The number of hydrogen-bond acceptors (Lipinski definition) is 3. The van der Waals surface area contributed by atoms with Crippen LogP contribution in [0.5, 0.6) is 0 Å². The fourth-order valence-corrected chi connectivity index (χ4v) is 3.54. The molecule has 0 unspecified atom stereocenters. The molecule has 1 saturated carbocycles. The van der Waals surface area contributed by atoms with Crippen LogP contribution in [0.25, 0.3) is 10.7 Å². The highest BCUT2D eigenvalue weighted by atomic mass is 79.9. The van der Waals surface area contributed by atoms with Crippen molar-refractivity contribution < 1.29 is 0 Å². The van der Waals surface area contributed by atoms with E-state index in [1.807, 2.05) is 11.4 Å². The molecular weight excluding hydrogens is 368 g/mol. The van der Waals surface area contributed by atoms with Gasteiger partial charge in [0.15, 0.2) is 5.82 Å². The van der Waals surface area contributed by atoms with Crippen molar-refractivity contribution in [2.75, 3.05) is 0 Å². The van der Waals surface area contributed by atoms with Crippen molar-refractivity contribution in [3.63, 3.8) is 0 Å². The second-order valence-corrected chi connectivity index (χ2v) is 6.64. The van der Waals surface area contributed by atoms with Gasteiger partial charge in [-0.2, -0.15) is 0 Å². The summed E-state index contributed by atoms with van der Waals surface area (Å²) in [5, 5.41) is 1.98. The Labute approximate surface area is 119 Å². The zero-order chi connectivity index (χ0) is 12.0. The molecule has 1 aliphatic carbocycles. The lowest BCUT2D eigenvalue weighted by molar-refractivity contribution is 0.962. The minimum atomic E-state index is -0.0959. The molecular formula is C11H8Br2N2OS. The van der Waals surface area contributed by atoms with Gasteiger partial charge in [-0.1, -0.05) is 0 Å². The Morgan fingerprint density at radius 2 is 2.18 bits per heavy atom. The fourth-order valence-electron chi connectivity index (χ4n) is 1.66. The summed E-state index contributed by atoms with van der Waals surface area (Å²) in [6, 6.07) is 1.97. The van der Waals surface area contributed by atoms with E-state index >= 15 is 0 Å². The van der Waals surface area contributed by atoms with Crippen LogP contribution in [-0.4, -0.2) is 9.97 Å². The molecule has 2 aromatic rings. The molecule has 0 aromatic carbocycles. The van der Waals surface area contributed by atoms with E-state index in [2.05, 4.69) is 41.8 Å². The van der Waals surface area contributed by atoms with Crippen LogP contribution in [0.1, 0.15) is 24.5 Å². The molecule has 6 heteroatoms. The molecule has 0 aliphatic heterocycles. The predicted molar refractivity (Wildman–Crippen MR) is 75.5 cm³/mol. The number of nitrogens with zero attached hydrogens (tertiary/aromatic N) is 1. The first-order chi connectivity index (χ1) is 8.15. The van der Waals surface area contributed by atoms with Gasteiger partial charge in [0.2, 0.25) is 0 Å². The Hall–Kier alpha value is -0.460. The zero-order valence-corrected chi connectivity index (χ0v) is 12.7. The summed E-state index contributed by atoms with van der Waals surface area (Å²) in [4.78, 5) is 20.2. The van der Waals surface area contributed by atoms with Gasteiger partial charge in [-0.25, -0.2) is 4.98 Å². The predicted octanol–water partition coefficient (Wildman–Crippen LogP) is 3.90. The van der Waals surface area contributed by atoms with Gasteiger partial charge < -0.3 is 4.98 Å². The van der Waals surface area contributed by atoms with Crippen molar-refractivity contribution in [1.82, 2.24) is 9.97 Å². The average Bonchev–Trinajstić information content (AvgIpc) is 3.05. The topological polar surface area (TPSA) is 45.8 Å². The SMILES string of the molecule is O=c1[nH]c(-c2cc(Br)cs2)nc(C2CC2)c1Br. The number of H-pyrrole nitrogens is 1. The first-order valence-corrected chi connectivity index (χ1v) is 7.66. The van der Waals surface area contributed by atoms with E-state index in [0.29, 0.717) is 16.2 Å². The largest absolute Gasteiger partial charge is 0.305 e. The van der Waals surface area contributed by atoms with Crippen molar-refractivity contribution in [3.05, 3.63) is 36.4 Å². The van der Waals surface area contributed by atoms with Crippen molar-refractivity contribution in [1.29, 1.82) is 0 Å². The summed E-state index contributed by atoms with van der Waals surface area (Å²) in [5.41, 5.74) is 0.801. The average molecular weight is 376 g/mol. The molecule has 3 nitrogen and oxygen atoms in total. The molecule has 0 radical (unpaired) electrons. The van der Waals surface area contributed by atoms with Crippen LogP contribution in [0.3, 0.4) is 0 Å². The summed E-state index contributed by atoms with van der Waals surface area (Å²) >= 11 is 8.29. The van der Waals surface area contributed by atoms with Crippen molar-refractivity contribution in [2.45, 2.75) is 18.8 Å². The summed E-state index contributed by atoms with van der Waals surface area (Å²) in [6.45, 7) is 0.